The van der Waals surface area contributed by atoms with Crippen molar-refractivity contribution in [3.05, 3.63) is 0 Å². The van der Waals surface area contributed by atoms with Gasteiger partial charge in [0.25, 0.3) is 0 Å². The standard InChI is InChI=1S/C8H17N5O/c1-8(2)4(3-5(8)14)12-7(11)13-6(9)10/h4-5,14H,3H2,1-2H3,(H6,9,10,11,12,13). The van der Waals surface area contributed by atoms with E-state index in [1.165, 1.54) is 0 Å². The minimum Gasteiger partial charge on any atom is -0.392 e. The van der Waals surface area contributed by atoms with Crippen LogP contribution in [-0.4, -0.2) is 29.2 Å². The lowest BCUT2D eigenvalue weighted by molar-refractivity contribution is -0.0576. The number of nitrogens with zero attached hydrogens (tertiary/aromatic N) is 2. The highest BCUT2D eigenvalue weighted by atomic mass is 16.3. The van der Waals surface area contributed by atoms with Gasteiger partial charge in [0, 0.05) is 5.41 Å². The number of guanidine groups is 2. The third-order valence-corrected chi connectivity index (χ3v) is 2.70. The van der Waals surface area contributed by atoms with Crippen LogP contribution < -0.4 is 17.2 Å². The molecule has 0 heterocycles. The third kappa shape index (κ3) is 1.95. The van der Waals surface area contributed by atoms with E-state index in [4.69, 9.17) is 17.2 Å². The molecule has 1 fully saturated rings. The second-order valence-electron chi connectivity index (χ2n) is 4.11. The third-order valence-electron chi connectivity index (χ3n) is 2.70. The van der Waals surface area contributed by atoms with Crippen molar-refractivity contribution >= 4 is 11.9 Å². The highest BCUT2D eigenvalue weighted by molar-refractivity contribution is 5.92. The molecule has 6 nitrogen and oxygen atoms in total. The van der Waals surface area contributed by atoms with Crippen molar-refractivity contribution in [2.45, 2.75) is 32.4 Å². The van der Waals surface area contributed by atoms with Crippen LogP contribution in [0.15, 0.2) is 9.98 Å². The molecular weight excluding hydrogens is 182 g/mol. The van der Waals surface area contributed by atoms with Gasteiger partial charge in [-0.2, -0.15) is 4.99 Å². The molecule has 0 amide bonds. The number of rotatable bonds is 1. The summed E-state index contributed by atoms with van der Waals surface area (Å²) in [6.07, 6.45) is 0.275. The fourth-order valence-electron chi connectivity index (χ4n) is 1.42. The fraction of sp³-hybridized carbons (Fsp3) is 0.750. The van der Waals surface area contributed by atoms with Crippen molar-refractivity contribution in [1.82, 2.24) is 0 Å². The Bertz CT molecular complexity index is 279. The maximum absolute atomic E-state index is 9.45. The number of aliphatic hydroxyl groups is 1. The zero-order valence-electron chi connectivity index (χ0n) is 8.44. The number of aliphatic hydroxyl groups excluding tert-OH is 1. The molecule has 0 aromatic heterocycles. The van der Waals surface area contributed by atoms with Crippen LogP contribution in [0.2, 0.25) is 0 Å². The summed E-state index contributed by atoms with van der Waals surface area (Å²) in [6.45, 7) is 3.86. The van der Waals surface area contributed by atoms with Gasteiger partial charge in [-0.05, 0) is 6.42 Å². The first-order valence-electron chi connectivity index (χ1n) is 4.45. The zero-order valence-corrected chi connectivity index (χ0v) is 8.44. The van der Waals surface area contributed by atoms with Crippen LogP contribution in [0.25, 0.3) is 0 Å². The maximum Gasteiger partial charge on any atom is 0.218 e. The average Bonchev–Trinajstić information content (AvgIpc) is 2.02. The van der Waals surface area contributed by atoms with Crippen LogP contribution in [0.3, 0.4) is 0 Å². The Balaban J connectivity index is 2.67. The maximum atomic E-state index is 9.45. The zero-order chi connectivity index (χ0) is 10.9. The minimum absolute atomic E-state index is 0.0133. The molecule has 0 aromatic rings. The summed E-state index contributed by atoms with van der Waals surface area (Å²) in [7, 11) is 0. The molecule has 2 unspecified atom stereocenters. The van der Waals surface area contributed by atoms with Crippen molar-refractivity contribution in [1.29, 1.82) is 0 Å². The first kappa shape index (κ1) is 10.8. The Labute approximate surface area is 82.9 Å². The number of hydrogen-bond acceptors (Lipinski definition) is 2. The molecule has 1 rings (SSSR count). The quantitative estimate of drug-likeness (QED) is 0.310. The molecule has 7 N–H and O–H groups in total. The van der Waals surface area contributed by atoms with E-state index in [1.807, 2.05) is 13.8 Å². The summed E-state index contributed by atoms with van der Waals surface area (Å²) in [5.74, 6) is -0.0427. The van der Waals surface area contributed by atoms with Gasteiger partial charge in [0.15, 0.2) is 5.96 Å². The van der Waals surface area contributed by atoms with E-state index in [-0.39, 0.29) is 29.5 Å². The topological polar surface area (TPSA) is 123 Å². The van der Waals surface area contributed by atoms with E-state index in [1.54, 1.807) is 0 Å². The van der Waals surface area contributed by atoms with E-state index in [0.29, 0.717) is 6.42 Å². The molecule has 0 spiro atoms. The molecule has 0 saturated heterocycles. The molecule has 0 bridgehead atoms. The molecule has 6 heteroatoms. The van der Waals surface area contributed by atoms with Crippen molar-refractivity contribution in [2.75, 3.05) is 0 Å². The SMILES string of the molecule is CC1(C)C(O)CC1N=C(N)N=C(N)N. The number of hydrogen-bond donors (Lipinski definition) is 4. The summed E-state index contributed by atoms with van der Waals surface area (Å²) in [4.78, 5) is 7.72. The lowest BCUT2D eigenvalue weighted by atomic mass is 9.65. The predicted octanol–water partition coefficient (Wildman–Crippen LogP) is -1.27. The molecule has 0 aliphatic heterocycles. The first-order chi connectivity index (χ1) is 6.34. The minimum atomic E-state index is -0.330. The highest BCUT2D eigenvalue weighted by Crippen LogP contribution is 2.42. The second kappa shape index (κ2) is 3.45. The van der Waals surface area contributed by atoms with Gasteiger partial charge < -0.3 is 22.3 Å². The van der Waals surface area contributed by atoms with Gasteiger partial charge in [-0.1, -0.05) is 13.8 Å². The highest BCUT2D eigenvalue weighted by Gasteiger charge is 2.47. The molecule has 80 valence electrons. The van der Waals surface area contributed by atoms with Crippen LogP contribution in [-0.2, 0) is 0 Å². The number of aliphatic imine (C=N–C) groups is 2. The molecule has 0 aromatic carbocycles. The van der Waals surface area contributed by atoms with Gasteiger partial charge >= 0.3 is 0 Å². The van der Waals surface area contributed by atoms with Crippen LogP contribution in [0.5, 0.6) is 0 Å². The Hall–Kier alpha value is -1.30. The Kier molecular flexibility index (Phi) is 2.66. The van der Waals surface area contributed by atoms with Crippen LogP contribution in [0.4, 0.5) is 0 Å². The molecular formula is C8H17N5O. The second-order valence-corrected chi connectivity index (χ2v) is 4.11. The molecule has 1 aliphatic rings. The van der Waals surface area contributed by atoms with Crippen LogP contribution in [0, 0.1) is 5.41 Å². The van der Waals surface area contributed by atoms with Gasteiger partial charge in [0.2, 0.25) is 5.96 Å². The molecule has 1 saturated carbocycles. The van der Waals surface area contributed by atoms with Crippen molar-refractivity contribution in [3.8, 4) is 0 Å². The van der Waals surface area contributed by atoms with Crippen LogP contribution in [0.1, 0.15) is 20.3 Å². The predicted molar refractivity (Wildman–Crippen MR) is 55.6 cm³/mol. The summed E-state index contributed by atoms with van der Waals surface area (Å²) in [5.41, 5.74) is 15.5. The summed E-state index contributed by atoms with van der Waals surface area (Å²) < 4.78 is 0. The van der Waals surface area contributed by atoms with Gasteiger partial charge in [0.1, 0.15) is 0 Å². The van der Waals surface area contributed by atoms with Gasteiger partial charge in [-0.3, -0.25) is 0 Å². The molecule has 2 atom stereocenters. The average molecular weight is 199 g/mol. The van der Waals surface area contributed by atoms with Gasteiger partial charge in [-0.15, -0.1) is 0 Å². The van der Waals surface area contributed by atoms with Gasteiger partial charge in [-0.25, -0.2) is 4.99 Å². The Morgan fingerprint density at radius 3 is 2.29 bits per heavy atom. The monoisotopic (exact) mass is 199 g/mol. The van der Waals surface area contributed by atoms with E-state index in [0.717, 1.165) is 0 Å². The Morgan fingerprint density at radius 2 is 1.93 bits per heavy atom. The summed E-state index contributed by atoms with van der Waals surface area (Å²) in [6, 6.07) is -0.0133. The van der Waals surface area contributed by atoms with Crippen molar-refractivity contribution < 1.29 is 5.11 Å². The molecule has 0 radical (unpaired) electrons. The summed E-state index contributed by atoms with van der Waals surface area (Å²) >= 11 is 0. The van der Waals surface area contributed by atoms with Gasteiger partial charge in [0.05, 0.1) is 12.1 Å². The first-order valence-corrected chi connectivity index (χ1v) is 4.45. The normalized spacial score (nSPS) is 30.6. The molecule has 1 aliphatic carbocycles. The van der Waals surface area contributed by atoms with E-state index < -0.39 is 0 Å². The fourth-order valence-corrected chi connectivity index (χ4v) is 1.42. The van der Waals surface area contributed by atoms with E-state index >= 15 is 0 Å². The summed E-state index contributed by atoms with van der Waals surface area (Å²) in [5, 5.41) is 9.45. The van der Waals surface area contributed by atoms with E-state index in [9.17, 15) is 5.11 Å². The van der Waals surface area contributed by atoms with E-state index in [2.05, 4.69) is 9.98 Å². The Morgan fingerprint density at radius 1 is 1.36 bits per heavy atom. The lowest BCUT2D eigenvalue weighted by Crippen LogP contribution is -2.52. The smallest absolute Gasteiger partial charge is 0.218 e. The van der Waals surface area contributed by atoms with Crippen molar-refractivity contribution in [2.24, 2.45) is 32.6 Å². The number of nitrogens with two attached hydrogens (primary N) is 3. The lowest BCUT2D eigenvalue weighted by Gasteiger charge is -2.46. The largest absolute Gasteiger partial charge is 0.392 e. The van der Waals surface area contributed by atoms with Crippen LogP contribution >= 0.6 is 0 Å². The van der Waals surface area contributed by atoms with Crippen molar-refractivity contribution in [3.63, 3.8) is 0 Å². The molecule has 14 heavy (non-hydrogen) atoms.